The summed E-state index contributed by atoms with van der Waals surface area (Å²) in [5.74, 6) is 0. The molecule has 1 heterocycles. The SMILES string of the molecule is CCNC(=O)Nc1cn[nH]c1. The second-order valence-electron chi connectivity index (χ2n) is 1.97. The molecule has 0 radical (unpaired) electrons. The van der Waals surface area contributed by atoms with Crippen LogP contribution in [0.2, 0.25) is 0 Å². The van der Waals surface area contributed by atoms with Crippen molar-refractivity contribution in [2.45, 2.75) is 6.92 Å². The van der Waals surface area contributed by atoms with Crippen molar-refractivity contribution >= 4 is 11.7 Å². The van der Waals surface area contributed by atoms with Gasteiger partial charge in [-0.15, -0.1) is 0 Å². The molecule has 2 amide bonds. The molecule has 1 aromatic rings. The third-order valence-electron chi connectivity index (χ3n) is 1.09. The maximum absolute atomic E-state index is 10.8. The van der Waals surface area contributed by atoms with Gasteiger partial charge in [0, 0.05) is 12.7 Å². The van der Waals surface area contributed by atoms with Gasteiger partial charge in [-0.05, 0) is 6.92 Å². The van der Waals surface area contributed by atoms with Crippen molar-refractivity contribution < 1.29 is 4.79 Å². The molecule has 1 rings (SSSR count). The average Bonchev–Trinajstić information content (AvgIpc) is 2.40. The minimum absolute atomic E-state index is 0.214. The van der Waals surface area contributed by atoms with Crippen molar-refractivity contribution in [3.05, 3.63) is 12.4 Å². The molecule has 60 valence electrons. The first-order chi connectivity index (χ1) is 5.33. The van der Waals surface area contributed by atoms with E-state index in [1.165, 1.54) is 6.20 Å². The number of nitrogens with one attached hydrogen (secondary N) is 3. The number of aromatic amines is 1. The van der Waals surface area contributed by atoms with Crippen LogP contribution in [0.25, 0.3) is 0 Å². The van der Waals surface area contributed by atoms with Crippen LogP contribution in [0.5, 0.6) is 0 Å². The van der Waals surface area contributed by atoms with E-state index in [2.05, 4.69) is 20.8 Å². The number of aromatic nitrogens is 2. The topological polar surface area (TPSA) is 69.8 Å². The van der Waals surface area contributed by atoms with Gasteiger partial charge in [0.1, 0.15) is 0 Å². The molecule has 0 atom stereocenters. The molecule has 0 spiro atoms. The first kappa shape index (κ1) is 7.59. The molecule has 0 aliphatic rings. The van der Waals surface area contributed by atoms with Crippen molar-refractivity contribution in [1.82, 2.24) is 15.5 Å². The van der Waals surface area contributed by atoms with Crippen LogP contribution in [-0.4, -0.2) is 22.8 Å². The smallest absolute Gasteiger partial charge is 0.319 e. The van der Waals surface area contributed by atoms with Crippen molar-refractivity contribution in [1.29, 1.82) is 0 Å². The van der Waals surface area contributed by atoms with E-state index in [4.69, 9.17) is 0 Å². The molecule has 0 fully saturated rings. The molecule has 3 N–H and O–H groups in total. The largest absolute Gasteiger partial charge is 0.338 e. The van der Waals surface area contributed by atoms with Crippen LogP contribution >= 0.6 is 0 Å². The summed E-state index contributed by atoms with van der Waals surface area (Å²) in [7, 11) is 0. The molecule has 5 nitrogen and oxygen atoms in total. The maximum atomic E-state index is 10.8. The molecule has 0 aliphatic heterocycles. The Bertz CT molecular complexity index is 218. The Kier molecular flexibility index (Phi) is 2.48. The van der Waals surface area contributed by atoms with E-state index in [1.807, 2.05) is 6.92 Å². The van der Waals surface area contributed by atoms with Crippen molar-refractivity contribution in [2.24, 2.45) is 0 Å². The lowest BCUT2D eigenvalue weighted by Crippen LogP contribution is -2.27. The van der Waals surface area contributed by atoms with Crippen LogP contribution in [0.15, 0.2) is 12.4 Å². The second-order valence-corrected chi connectivity index (χ2v) is 1.97. The normalized spacial score (nSPS) is 9.18. The number of nitrogens with zero attached hydrogens (tertiary/aromatic N) is 1. The molecule has 0 aromatic carbocycles. The lowest BCUT2D eigenvalue weighted by atomic mass is 10.6. The lowest BCUT2D eigenvalue weighted by Gasteiger charge is -2.00. The summed E-state index contributed by atoms with van der Waals surface area (Å²) in [5, 5.41) is 11.4. The molecule has 11 heavy (non-hydrogen) atoms. The Morgan fingerprint density at radius 3 is 3.18 bits per heavy atom. The Balaban J connectivity index is 2.37. The zero-order valence-corrected chi connectivity index (χ0v) is 6.22. The zero-order valence-electron chi connectivity index (χ0n) is 6.22. The summed E-state index contributed by atoms with van der Waals surface area (Å²) in [5.41, 5.74) is 0.663. The average molecular weight is 154 g/mol. The standard InChI is InChI=1S/C6H10N4O/c1-2-7-6(11)10-5-3-8-9-4-5/h3-4H,2H2,1H3,(H,8,9)(H2,7,10,11). The van der Waals surface area contributed by atoms with E-state index in [0.29, 0.717) is 12.2 Å². The molecule has 0 aliphatic carbocycles. The van der Waals surface area contributed by atoms with E-state index in [0.717, 1.165) is 0 Å². The van der Waals surface area contributed by atoms with Crippen LogP contribution in [0.1, 0.15) is 6.92 Å². The number of anilines is 1. The Morgan fingerprint density at radius 1 is 1.82 bits per heavy atom. The van der Waals surface area contributed by atoms with Crippen molar-refractivity contribution in [2.75, 3.05) is 11.9 Å². The summed E-state index contributed by atoms with van der Waals surface area (Å²) >= 11 is 0. The number of hydrogen-bond acceptors (Lipinski definition) is 2. The second kappa shape index (κ2) is 3.60. The van der Waals surface area contributed by atoms with E-state index >= 15 is 0 Å². The van der Waals surface area contributed by atoms with Crippen LogP contribution in [0.4, 0.5) is 10.5 Å². The van der Waals surface area contributed by atoms with Crippen LogP contribution < -0.4 is 10.6 Å². The fourth-order valence-electron chi connectivity index (χ4n) is 0.655. The summed E-state index contributed by atoms with van der Waals surface area (Å²) in [6.07, 6.45) is 3.14. The van der Waals surface area contributed by atoms with E-state index in [9.17, 15) is 4.79 Å². The number of carbonyl (C=O) groups is 1. The number of hydrogen-bond donors (Lipinski definition) is 3. The molecule has 0 bridgehead atoms. The van der Waals surface area contributed by atoms with Gasteiger partial charge < -0.3 is 10.6 Å². The molecular formula is C6H10N4O. The van der Waals surface area contributed by atoms with Gasteiger partial charge in [-0.25, -0.2) is 4.79 Å². The van der Waals surface area contributed by atoms with E-state index < -0.39 is 0 Å². The predicted molar refractivity (Wildman–Crippen MR) is 41.3 cm³/mol. The minimum atomic E-state index is -0.214. The fourth-order valence-corrected chi connectivity index (χ4v) is 0.655. The van der Waals surface area contributed by atoms with Gasteiger partial charge in [-0.3, -0.25) is 5.10 Å². The fraction of sp³-hybridized carbons (Fsp3) is 0.333. The summed E-state index contributed by atoms with van der Waals surface area (Å²) < 4.78 is 0. The zero-order chi connectivity index (χ0) is 8.10. The summed E-state index contributed by atoms with van der Waals surface area (Å²) in [6.45, 7) is 2.47. The molecule has 0 saturated heterocycles. The lowest BCUT2D eigenvalue weighted by molar-refractivity contribution is 0.252. The first-order valence-corrected chi connectivity index (χ1v) is 3.36. The molecule has 0 saturated carbocycles. The van der Waals surface area contributed by atoms with Gasteiger partial charge in [0.2, 0.25) is 0 Å². The van der Waals surface area contributed by atoms with Crippen molar-refractivity contribution in [3.63, 3.8) is 0 Å². The maximum Gasteiger partial charge on any atom is 0.319 e. The Labute approximate surface area is 64.2 Å². The number of carbonyl (C=O) groups excluding carboxylic acids is 1. The molecule has 1 aromatic heterocycles. The summed E-state index contributed by atoms with van der Waals surface area (Å²) in [4.78, 5) is 10.8. The monoisotopic (exact) mass is 154 g/mol. The van der Waals surface area contributed by atoms with Crippen LogP contribution in [0, 0.1) is 0 Å². The summed E-state index contributed by atoms with van der Waals surface area (Å²) in [6, 6.07) is -0.214. The highest BCUT2D eigenvalue weighted by Crippen LogP contribution is 1.99. The van der Waals surface area contributed by atoms with Gasteiger partial charge >= 0.3 is 6.03 Å². The highest BCUT2D eigenvalue weighted by atomic mass is 16.2. The Hall–Kier alpha value is -1.52. The quantitative estimate of drug-likeness (QED) is 0.582. The number of H-pyrrole nitrogens is 1. The first-order valence-electron chi connectivity index (χ1n) is 3.36. The third-order valence-corrected chi connectivity index (χ3v) is 1.09. The highest BCUT2D eigenvalue weighted by Gasteiger charge is 1.98. The predicted octanol–water partition coefficient (Wildman–Crippen LogP) is 0.551. The van der Waals surface area contributed by atoms with Crippen LogP contribution in [-0.2, 0) is 0 Å². The Morgan fingerprint density at radius 2 is 2.64 bits per heavy atom. The van der Waals surface area contributed by atoms with Gasteiger partial charge in [-0.2, -0.15) is 5.10 Å². The van der Waals surface area contributed by atoms with Gasteiger partial charge in [0.05, 0.1) is 11.9 Å². The minimum Gasteiger partial charge on any atom is -0.338 e. The number of amides is 2. The van der Waals surface area contributed by atoms with Gasteiger partial charge in [-0.1, -0.05) is 0 Å². The van der Waals surface area contributed by atoms with Crippen molar-refractivity contribution in [3.8, 4) is 0 Å². The molecule has 5 heteroatoms. The number of rotatable bonds is 2. The molecular weight excluding hydrogens is 144 g/mol. The van der Waals surface area contributed by atoms with Gasteiger partial charge in [0.15, 0.2) is 0 Å². The highest BCUT2D eigenvalue weighted by molar-refractivity contribution is 5.88. The van der Waals surface area contributed by atoms with E-state index in [-0.39, 0.29) is 6.03 Å². The molecule has 0 unspecified atom stereocenters. The number of urea groups is 1. The third kappa shape index (κ3) is 2.29. The van der Waals surface area contributed by atoms with E-state index in [1.54, 1.807) is 6.20 Å². The van der Waals surface area contributed by atoms with Gasteiger partial charge in [0.25, 0.3) is 0 Å². The van der Waals surface area contributed by atoms with Crippen LogP contribution in [0.3, 0.4) is 0 Å².